The molecule has 1 rings (SSSR count). The number of rotatable bonds is 2. The Morgan fingerprint density at radius 1 is 1.17 bits per heavy atom. The maximum Gasteiger partial charge on any atom is 0.412 e. The zero-order chi connectivity index (χ0) is 19.1. The van der Waals surface area contributed by atoms with Crippen molar-refractivity contribution in [3.8, 4) is 0 Å². The Hall–Kier alpha value is -1.19. The van der Waals surface area contributed by atoms with Crippen LogP contribution in [-0.4, -0.2) is 47.3 Å². The van der Waals surface area contributed by atoms with Crippen LogP contribution >= 0.6 is 0 Å². The summed E-state index contributed by atoms with van der Waals surface area (Å²) in [6.45, 7) is 6.95. The highest BCUT2D eigenvalue weighted by Gasteiger charge is 2.59. The van der Waals surface area contributed by atoms with Crippen molar-refractivity contribution in [1.82, 2.24) is 4.90 Å². The molecule has 0 aliphatic carbocycles. The standard InChI is InChI=1S/C14H21F6NO3/c1-11(2,3)24-10(22)21-8(7-23-12(21,4)5)6-9(13(15,16)17)14(18,19)20/h8-9H,6-7H2,1-5H3/t8-/m0/s1. The number of nitrogens with zero attached hydrogens (tertiary/aromatic N) is 1. The second kappa shape index (κ2) is 6.27. The molecule has 1 fully saturated rings. The Kier molecular flexibility index (Phi) is 5.45. The predicted molar refractivity (Wildman–Crippen MR) is 72.1 cm³/mol. The van der Waals surface area contributed by atoms with E-state index in [2.05, 4.69) is 0 Å². The molecule has 1 saturated heterocycles. The third kappa shape index (κ3) is 5.15. The van der Waals surface area contributed by atoms with Gasteiger partial charge in [-0.05, 0) is 41.0 Å². The van der Waals surface area contributed by atoms with Gasteiger partial charge in [0.2, 0.25) is 0 Å². The number of carbonyl (C=O) groups is 1. The third-order valence-electron chi connectivity index (χ3n) is 3.46. The molecule has 1 heterocycles. The molecule has 0 aromatic carbocycles. The lowest BCUT2D eigenvalue weighted by Gasteiger charge is -2.36. The smallest absolute Gasteiger partial charge is 0.412 e. The number of amides is 1. The van der Waals surface area contributed by atoms with E-state index in [9.17, 15) is 31.1 Å². The van der Waals surface area contributed by atoms with Crippen molar-refractivity contribution in [3.05, 3.63) is 0 Å². The van der Waals surface area contributed by atoms with Gasteiger partial charge in [0.25, 0.3) is 0 Å². The maximum atomic E-state index is 12.8. The van der Waals surface area contributed by atoms with Crippen molar-refractivity contribution in [2.24, 2.45) is 5.92 Å². The summed E-state index contributed by atoms with van der Waals surface area (Å²) >= 11 is 0. The fourth-order valence-corrected chi connectivity index (χ4v) is 2.46. The van der Waals surface area contributed by atoms with Crippen molar-refractivity contribution < 1.29 is 40.6 Å². The lowest BCUT2D eigenvalue weighted by molar-refractivity contribution is -0.288. The summed E-state index contributed by atoms with van der Waals surface area (Å²) in [5.41, 5.74) is -2.32. The number of hydrogen-bond acceptors (Lipinski definition) is 3. The Morgan fingerprint density at radius 2 is 1.62 bits per heavy atom. The molecule has 1 amide bonds. The van der Waals surface area contributed by atoms with Crippen LogP contribution in [0, 0.1) is 5.92 Å². The van der Waals surface area contributed by atoms with Crippen molar-refractivity contribution in [2.75, 3.05) is 6.61 Å². The summed E-state index contributed by atoms with van der Waals surface area (Å²) in [5, 5.41) is 0. The molecule has 4 nitrogen and oxygen atoms in total. The van der Waals surface area contributed by atoms with E-state index in [4.69, 9.17) is 9.47 Å². The molecule has 24 heavy (non-hydrogen) atoms. The van der Waals surface area contributed by atoms with Gasteiger partial charge >= 0.3 is 18.4 Å². The van der Waals surface area contributed by atoms with Crippen molar-refractivity contribution >= 4 is 6.09 Å². The van der Waals surface area contributed by atoms with Gasteiger partial charge in [-0.3, -0.25) is 4.90 Å². The molecule has 142 valence electrons. The third-order valence-corrected chi connectivity index (χ3v) is 3.46. The lowest BCUT2D eigenvalue weighted by Crippen LogP contribution is -2.51. The Labute approximate surface area is 136 Å². The van der Waals surface area contributed by atoms with Gasteiger partial charge in [-0.15, -0.1) is 0 Å². The molecule has 0 unspecified atom stereocenters. The van der Waals surface area contributed by atoms with E-state index in [0.717, 1.165) is 4.90 Å². The molecular formula is C14H21F6NO3. The second-order valence-corrected chi connectivity index (χ2v) is 7.13. The van der Waals surface area contributed by atoms with E-state index < -0.39 is 54.8 Å². The molecule has 0 N–H and O–H groups in total. The van der Waals surface area contributed by atoms with Crippen LogP contribution < -0.4 is 0 Å². The van der Waals surface area contributed by atoms with Crippen molar-refractivity contribution in [1.29, 1.82) is 0 Å². The van der Waals surface area contributed by atoms with Gasteiger partial charge in [0.1, 0.15) is 11.3 Å². The van der Waals surface area contributed by atoms with Gasteiger partial charge in [-0.1, -0.05) is 0 Å². The molecule has 0 bridgehead atoms. The summed E-state index contributed by atoms with van der Waals surface area (Å²) in [4.78, 5) is 13.0. The highest BCUT2D eigenvalue weighted by Crippen LogP contribution is 2.44. The van der Waals surface area contributed by atoms with Gasteiger partial charge in [-0.25, -0.2) is 4.79 Å². The number of hydrogen-bond donors (Lipinski definition) is 0. The van der Waals surface area contributed by atoms with Gasteiger partial charge in [-0.2, -0.15) is 26.3 Å². The summed E-state index contributed by atoms with van der Waals surface area (Å²) in [6.07, 6.45) is -13.3. The van der Waals surface area contributed by atoms with Crippen LogP contribution in [0.25, 0.3) is 0 Å². The van der Waals surface area contributed by atoms with E-state index in [-0.39, 0.29) is 0 Å². The van der Waals surface area contributed by atoms with Crippen LogP contribution in [0.1, 0.15) is 41.0 Å². The van der Waals surface area contributed by atoms with Crippen LogP contribution in [0.15, 0.2) is 0 Å². The molecule has 0 radical (unpaired) electrons. The Bertz CT molecular complexity index is 453. The first kappa shape index (κ1) is 20.9. The first-order valence-electron chi connectivity index (χ1n) is 7.25. The van der Waals surface area contributed by atoms with Crippen LogP contribution in [0.2, 0.25) is 0 Å². The first-order chi connectivity index (χ1) is 10.5. The molecule has 10 heteroatoms. The van der Waals surface area contributed by atoms with Crippen LogP contribution in [-0.2, 0) is 9.47 Å². The quantitative estimate of drug-likeness (QED) is 0.677. The van der Waals surface area contributed by atoms with Gasteiger partial charge in [0.15, 0.2) is 5.92 Å². The first-order valence-corrected chi connectivity index (χ1v) is 7.25. The lowest BCUT2D eigenvalue weighted by atomic mass is 9.98. The number of alkyl halides is 6. The maximum absolute atomic E-state index is 12.8. The fraction of sp³-hybridized carbons (Fsp3) is 0.929. The summed E-state index contributed by atoms with van der Waals surface area (Å²) in [6, 6.07) is -1.40. The average molecular weight is 365 g/mol. The van der Waals surface area contributed by atoms with E-state index in [1.807, 2.05) is 0 Å². The average Bonchev–Trinajstić information content (AvgIpc) is 2.55. The summed E-state index contributed by atoms with van der Waals surface area (Å²) < 4.78 is 86.9. The van der Waals surface area contributed by atoms with Gasteiger partial charge in [0.05, 0.1) is 12.6 Å². The van der Waals surface area contributed by atoms with E-state index in [1.165, 1.54) is 34.6 Å². The topological polar surface area (TPSA) is 38.8 Å². The predicted octanol–water partition coefficient (Wildman–Crippen LogP) is 4.49. The Balaban J connectivity index is 3.06. The van der Waals surface area contributed by atoms with Gasteiger partial charge in [0, 0.05) is 0 Å². The number of halogens is 6. The largest absolute Gasteiger partial charge is 0.444 e. The second-order valence-electron chi connectivity index (χ2n) is 7.13. The normalized spacial score (nSPS) is 22.2. The molecule has 0 saturated carbocycles. The van der Waals surface area contributed by atoms with E-state index >= 15 is 0 Å². The van der Waals surface area contributed by atoms with Crippen molar-refractivity contribution in [2.45, 2.75) is 70.8 Å². The highest BCUT2D eigenvalue weighted by atomic mass is 19.4. The van der Waals surface area contributed by atoms with Crippen LogP contribution in [0.4, 0.5) is 31.1 Å². The van der Waals surface area contributed by atoms with Gasteiger partial charge < -0.3 is 9.47 Å². The minimum absolute atomic E-state index is 0.436. The molecule has 1 aliphatic rings. The minimum Gasteiger partial charge on any atom is -0.444 e. The molecule has 1 aliphatic heterocycles. The fourth-order valence-electron chi connectivity index (χ4n) is 2.46. The number of carbonyl (C=O) groups excluding carboxylic acids is 1. The molecule has 0 aromatic rings. The zero-order valence-electron chi connectivity index (χ0n) is 14.0. The molecular weight excluding hydrogens is 344 g/mol. The van der Waals surface area contributed by atoms with Crippen LogP contribution in [0.5, 0.6) is 0 Å². The number of ether oxygens (including phenoxy) is 2. The highest BCUT2D eigenvalue weighted by molar-refractivity contribution is 5.69. The van der Waals surface area contributed by atoms with Crippen LogP contribution in [0.3, 0.4) is 0 Å². The SMILES string of the molecule is CC(C)(C)OC(=O)N1[C@@H](CC(C(F)(F)F)C(F)(F)F)COC1(C)C. The Morgan fingerprint density at radius 3 is 2.00 bits per heavy atom. The summed E-state index contributed by atoms with van der Waals surface area (Å²) in [5.74, 6) is -3.54. The zero-order valence-corrected chi connectivity index (χ0v) is 14.0. The summed E-state index contributed by atoms with van der Waals surface area (Å²) in [7, 11) is 0. The van der Waals surface area contributed by atoms with E-state index in [1.54, 1.807) is 0 Å². The van der Waals surface area contributed by atoms with E-state index in [0.29, 0.717) is 0 Å². The molecule has 0 spiro atoms. The monoisotopic (exact) mass is 365 g/mol. The molecule has 0 aromatic heterocycles. The minimum atomic E-state index is -5.47. The van der Waals surface area contributed by atoms with Crippen molar-refractivity contribution in [3.63, 3.8) is 0 Å². The molecule has 1 atom stereocenters.